The van der Waals surface area contributed by atoms with Gasteiger partial charge in [-0.25, -0.2) is 8.42 Å². The predicted molar refractivity (Wildman–Crippen MR) is 87.4 cm³/mol. The maximum atomic E-state index is 12.8. The summed E-state index contributed by atoms with van der Waals surface area (Å²) in [6.07, 6.45) is 2.89. The molecule has 1 heterocycles. The Hall–Kier alpha value is -0.290. The van der Waals surface area contributed by atoms with Gasteiger partial charge in [0.05, 0.1) is 5.02 Å². The molecule has 0 spiro atoms. The van der Waals surface area contributed by atoms with E-state index in [9.17, 15) is 8.42 Å². The van der Waals surface area contributed by atoms with E-state index in [0.29, 0.717) is 13.1 Å². The molecule has 1 aliphatic heterocycles. The van der Waals surface area contributed by atoms with Crippen LogP contribution in [0.3, 0.4) is 0 Å². The average Bonchev–Trinajstić information content (AvgIpc) is 2.93. The van der Waals surface area contributed by atoms with Gasteiger partial charge >= 0.3 is 0 Å². The summed E-state index contributed by atoms with van der Waals surface area (Å²) in [5, 5.41) is 0.259. The van der Waals surface area contributed by atoms with Crippen LogP contribution in [0, 0.1) is 5.41 Å². The van der Waals surface area contributed by atoms with Gasteiger partial charge in [-0.1, -0.05) is 31.5 Å². The lowest BCUT2D eigenvalue weighted by molar-refractivity contribution is 0.279. The van der Waals surface area contributed by atoms with Gasteiger partial charge in [0.2, 0.25) is 10.0 Å². The van der Waals surface area contributed by atoms with Crippen molar-refractivity contribution in [1.29, 1.82) is 0 Å². The summed E-state index contributed by atoms with van der Waals surface area (Å²) < 4.78 is 27.3. The van der Waals surface area contributed by atoms with Crippen molar-refractivity contribution in [2.45, 2.75) is 43.9 Å². The van der Waals surface area contributed by atoms with Gasteiger partial charge in [0, 0.05) is 19.0 Å². The highest BCUT2D eigenvalue weighted by atomic mass is 35.5. The topological polar surface area (TPSA) is 37.4 Å². The standard InChI is InChI=1S/C15H21Cl2NO2S/c1-3-15(4-2)7-8-18(11-15)21(19,20)14-9-12(10-16)5-6-13(14)17/h5-6,9H,3-4,7-8,10-11H2,1-2H3. The lowest BCUT2D eigenvalue weighted by Crippen LogP contribution is -2.32. The highest BCUT2D eigenvalue weighted by molar-refractivity contribution is 7.89. The molecule has 0 unspecified atom stereocenters. The third-order valence-electron chi connectivity index (χ3n) is 4.67. The molecule has 0 amide bonds. The normalized spacial score (nSPS) is 19.0. The monoisotopic (exact) mass is 349 g/mol. The fraction of sp³-hybridized carbons (Fsp3) is 0.600. The number of halogens is 2. The second kappa shape index (κ2) is 6.45. The van der Waals surface area contributed by atoms with Gasteiger partial charge in [0.25, 0.3) is 0 Å². The zero-order chi connectivity index (χ0) is 15.7. The van der Waals surface area contributed by atoms with E-state index in [-0.39, 0.29) is 21.2 Å². The third kappa shape index (κ3) is 3.24. The lowest BCUT2D eigenvalue weighted by atomic mass is 9.82. The molecule has 0 aliphatic carbocycles. The van der Waals surface area contributed by atoms with E-state index in [0.717, 1.165) is 24.8 Å². The Bertz CT molecular complexity index is 612. The fourth-order valence-electron chi connectivity index (χ4n) is 2.89. The molecular weight excluding hydrogens is 329 g/mol. The third-order valence-corrected chi connectivity index (χ3v) is 7.31. The SMILES string of the molecule is CCC1(CC)CCN(S(=O)(=O)c2cc(CCl)ccc2Cl)C1. The fourth-order valence-corrected chi connectivity index (χ4v) is 5.14. The zero-order valence-electron chi connectivity index (χ0n) is 12.4. The van der Waals surface area contributed by atoms with Gasteiger partial charge in [-0.2, -0.15) is 4.31 Å². The number of benzene rings is 1. The van der Waals surface area contributed by atoms with Crippen LogP contribution in [0.25, 0.3) is 0 Å². The van der Waals surface area contributed by atoms with E-state index >= 15 is 0 Å². The Morgan fingerprint density at radius 2 is 1.95 bits per heavy atom. The van der Waals surface area contributed by atoms with E-state index in [1.54, 1.807) is 22.5 Å². The summed E-state index contributed by atoms with van der Waals surface area (Å²) in [4.78, 5) is 0.172. The smallest absolute Gasteiger partial charge is 0.207 e. The Morgan fingerprint density at radius 3 is 2.48 bits per heavy atom. The first-order valence-corrected chi connectivity index (χ1v) is 9.58. The van der Waals surface area contributed by atoms with Crippen LogP contribution in [0.2, 0.25) is 5.02 Å². The minimum Gasteiger partial charge on any atom is -0.207 e. The summed E-state index contributed by atoms with van der Waals surface area (Å²) in [6, 6.07) is 4.94. The van der Waals surface area contributed by atoms with Crippen molar-refractivity contribution in [3.8, 4) is 0 Å². The minimum absolute atomic E-state index is 0.101. The Kier molecular flexibility index (Phi) is 5.24. The van der Waals surface area contributed by atoms with Crippen LogP contribution in [-0.2, 0) is 15.9 Å². The summed E-state index contributed by atoms with van der Waals surface area (Å²) in [7, 11) is -3.55. The molecule has 0 aromatic heterocycles. The van der Waals surface area contributed by atoms with E-state index in [1.165, 1.54) is 0 Å². The van der Waals surface area contributed by atoms with Crippen molar-refractivity contribution in [3.05, 3.63) is 28.8 Å². The first-order chi connectivity index (χ1) is 9.88. The minimum atomic E-state index is -3.55. The molecule has 21 heavy (non-hydrogen) atoms. The van der Waals surface area contributed by atoms with Gasteiger partial charge in [-0.3, -0.25) is 0 Å². The molecule has 0 radical (unpaired) electrons. The largest absolute Gasteiger partial charge is 0.244 e. The molecule has 1 saturated heterocycles. The average molecular weight is 350 g/mol. The van der Waals surface area contributed by atoms with E-state index in [1.807, 2.05) is 0 Å². The van der Waals surface area contributed by atoms with Crippen molar-refractivity contribution in [2.24, 2.45) is 5.41 Å². The highest BCUT2D eigenvalue weighted by Crippen LogP contribution is 2.40. The Morgan fingerprint density at radius 1 is 1.29 bits per heavy atom. The first-order valence-electron chi connectivity index (χ1n) is 7.23. The number of nitrogens with zero attached hydrogens (tertiary/aromatic N) is 1. The van der Waals surface area contributed by atoms with Crippen LogP contribution >= 0.6 is 23.2 Å². The molecule has 1 aromatic rings. The quantitative estimate of drug-likeness (QED) is 0.744. The number of hydrogen-bond acceptors (Lipinski definition) is 2. The van der Waals surface area contributed by atoms with Crippen LogP contribution in [0.4, 0.5) is 0 Å². The van der Waals surface area contributed by atoms with Gasteiger partial charge in [-0.15, -0.1) is 11.6 Å². The Labute approximate surface area is 137 Å². The van der Waals surface area contributed by atoms with Crippen molar-refractivity contribution in [3.63, 3.8) is 0 Å². The molecule has 1 aliphatic rings. The van der Waals surface area contributed by atoms with Gasteiger partial charge in [0.15, 0.2) is 0 Å². The zero-order valence-corrected chi connectivity index (χ0v) is 14.7. The molecule has 118 valence electrons. The molecule has 0 atom stereocenters. The first kappa shape index (κ1) is 17.1. The van der Waals surface area contributed by atoms with Crippen LogP contribution in [0.1, 0.15) is 38.7 Å². The number of rotatable bonds is 5. The lowest BCUT2D eigenvalue weighted by Gasteiger charge is -2.26. The predicted octanol–water partition coefficient (Wildman–Crippen LogP) is 4.28. The molecule has 1 aromatic carbocycles. The molecule has 6 heteroatoms. The second-order valence-corrected chi connectivity index (χ2v) is 8.27. The molecular formula is C15H21Cl2NO2S. The Balaban J connectivity index is 2.36. The number of sulfonamides is 1. The van der Waals surface area contributed by atoms with Crippen LogP contribution in [-0.4, -0.2) is 25.8 Å². The molecule has 0 bridgehead atoms. The summed E-state index contributed by atoms with van der Waals surface area (Å²) in [5.41, 5.74) is 0.861. The van der Waals surface area contributed by atoms with Crippen LogP contribution in [0.15, 0.2) is 23.1 Å². The molecule has 0 N–H and O–H groups in total. The van der Waals surface area contributed by atoms with Gasteiger partial charge in [0.1, 0.15) is 4.90 Å². The summed E-state index contributed by atoms with van der Waals surface area (Å²) >= 11 is 11.9. The van der Waals surface area contributed by atoms with Crippen LogP contribution in [0.5, 0.6) is 0 Å². The number of alkyl halides is 1. The van der Waals surface area contributed by atoms with Crippen molar-refractivity contribution in [1.82, 2.24) is 4.31 Å². The highest BCUT2D eigenvalue weighted by Gasteiger charge is 2.41. The maximum Gasteiger partial charge on any atom is 0.244 e. The van der Waals surface area contributed by atoms with Crippen molar-refractivity contribution < 1.29 is 8.42 Å². The number of hydrogen-bond donors (Lipinski definition) is 0. The summed E-state index contributed by atoms with van der Waals surface area (Å²) in [5.74, 6) is 0.271. The second-order valence-electron chi connectivity index (χ2n) is 5.69. The van der Waals surface area contributed by atoms with Gasteiger partial charge < -0.3 is 0 Å². The van der Waals surface area contributed by atoms with Gasteiger partial charge in [-0.05, 0) is 42.4 Å². The maximum absolute atomic E-state index is 12.8. The van der Waals surface area contributed by atoms with E-state index in [2.05, 4.69) is 13.8 Å². The van der Waals surface area contributed by atoms with Crippen LogP contribution < -0.4 is 0 Å². The molecule has 1 fully saturated rings. The molecule has 2 rings (SSSR count). The van der Waals surface area contributed by atoms with Crippen molar-refractivity contribution in [2.75, 3.05) is 13.1 Å². The molecule has 3 nitrogen and oxygen atoms in total. The van der Waals surface area contributed by atoms with E-state index in [4.69, 9.17) is 23.2 Å². The summed E-state index contributed by atoms with van der Waals surface area (Å²) in [6.45, 7) is 5.39. The molecule has 0 saturated carbocycles. The van der Waals surface area contributed by atoms with E-state index < -0.39 is 10.0 Å². The van der Waals surface area contributed by atoms with Crippen molar-refractivity contribution >= 4 is 33.2 Å².